The smallest absolute Gasteiger partial charge is 0.246 e. The Labute approximate surface area is 106 Å². The third-order valence-corrected chi connectivity index (χ3v) is 5.61. The lowest BCUT2D eigenvalue weighted by Gasteiger charge is -2.22. The molecule has 1 heterocycles. The summed E-state index contributed by atoms with van der Waals surface area (Å²) in [5.41, 5.74) is 5.94. The number of hydrogen-bond donors (Lipinski definition) is 1. The maximum absolute atomic E-state index is 12.4. The van der Waals surface area contributed by atoms with Crippen molar-refractivity contribution in [3.63, 3.8) is 0 Å². The molecule has 2 rings (SSSR count). The quantitative estimate of drug-likeness (QED) is 0.840. The summed E-state index contributed by atoms with van der Waals surface area (Å²) in [6.07, 6.45) is 1.76. The zero-order chi connectivity index (χ0) is 12.6. The van der Waals surface area contributed by atoms with Crippen molar-refractivity contribution in [2.75, 3.05) is 12.3 Å². The molecule has 0 spiro atoms. The summed E-state index contributed by atoms with van der Waals surface area (Å²) < 4.78 is 26.4. The fourth-order valence-corrected chi connectivity index (χ4v) is 4.52. The van der Waals surface area contributed by atoms with Crippen LogP contribution in [0.2, 0.25) is 5.02 Å². The van der Waals surface area contributed by atoms with Gasteiger partial charge in [-0.2, -0.15) is 4.31 Å². The van der Waals surface area contributed by atoms with E-state index in [0.717, 1.165) is 12.8 Å². The SMILES string of the molecule is CC1CCCN1S(=O)(=O)c1c(N)cccc1Cl. The van der Waals surface area contributed by atoms with E-state index < -0.39 is 10.0 Å². The van der Waals surface area contributed by atoms with Crippen molar-refractivity contribution in [2.45, 2.75) is 30.7 Å². The lowest BCUT2D eigenvalue weighted by molar-refractivity contribution is 0.408. The van der Waals surface area contributed by atoms with Gasteiger partial charge < -0.3 is 5.73 Å². The molecule has 2 N–H and O–H groups in total. The Bertz CT molecular complexity index is 510. The third kappa shape index (κ3) is 2.14. The molecule has 0 aromatic heterocycles. The van der Waals surface area contributed by atoms with Crippen molar-refractivity contribution in [2.24, 2.45) is 0 Å². The maximum Gasteiger partial charge on any atom is 0.246 e. The van der Waals surface area contributed by atoms with E-state index in [0.29, 0.717) is 6.54 Å². The maximum atomic E-state index is 12.4. The molecular formula is C11H15ClN2O2S. The van der Waals surface area contributed by atoms with Crippen LogP contribution in [-0.2, 0) is 10.0 Å². The van der Waals surface area contributed by atoms with Gasteiger partial charge in [-0.1, -0.05) is 17.7 Å². The van der Waals surface area contributed by atoms with E-state index in [4.69, 9.17) is 17.3 Å². The topological polar surface area (TPSA) is 63.4 Å². The van der Waals surface area contributed by atoms with Crippen molar-refractivity contribution in [3.8, 4) is 0 Å². The number of nitrogens with zero attached hydrogens (tertiary/aromatic N) is 1. The number of halogens is 1. The molecule has 17 heavy (non-hydrogen) atoms. The summed E-state index contributed by atoms with van der Waals surface area (Å²) in [6, 6.07) is 4.76. The summed E-state index contributed by atoms with van der Waals surface area (Å²) >= 11 is 5.95. The first kappa shape index (κ1) is 12.7. The molecule has 0 saturated carbocycles. The van der Waals surface area contributed by atoms with Crippen LogP contribution in [0.25, 0.3) is 0 Å². The largest absolute Gasteiger partial charge is 0.398 e. The second kappa shape index (κ2) is 4.48. The van der Waals surface area contributed by atoms with Gasteiger partial charge in [0.25, 0.3) is 0 Å². The fraction of sp³-hybridized carbons (Fsp3) is 0.455. The molecule has 0 aliphatic carbocycles. The highest BCUT2D eigenvalue weighted by atomic mass is 35.5. The minimum absolute atomic E-state index is 0.00988. The molecule has 1 unspecified atom stereocenters. The standard InChI is InChI=1S/C11H15ClN2O2S/c1-8-4-3-7-14(8)17(15,16)11-9(12)5-2-6-10(11)13/h2,5-6,8H,3-4,7,13H2,1H3. The van der Waals surface area contributed by atoms with Crippen LogP contribution in [0.4, 0.5) is 5.69 Å². The van der Waals surface area contributed by atoms with Gasteiger partial charge in [0.15, 0.2) is 0 Å². The minimum atomic E-state index is -3.57. The number of hydrogen-bond acceptors (Lipinski definition) is 3. The van der Waals surface area contributed by atoms with E-state index in [9.17, 15) is 8.42 Å². The zero-order valence-electron chi connectivity index (χ0n) is 9.56. The number of anilines is 1. The van der Waals surface area contributed by atoms with Crippen molar-refractivity contribution in [3.05, 3.63) is 23.2 Å². The second-order valence-corrected chi connectivity index (χ2v) is 6.50. The van der Waals surface area contributed by atoms with E-state index in [2.05, 4.69) is 0 Å². The van der Waals surface area contributed by atoms with Gasteiger partial charge in [-0.3, -0.25) is 0 Å². The van der Waals surface area contributed by atoms with Gasteiger partial charge in [0, 0.05) is 12.6 Å². The Morgan fingerprint density at radius 3 is 2.71 bits per heavy atom. The first-order valence-electron chi connectivity index (χ1n) is 5.50. The Morgan fingerprint density at radius 2 is 2.18 bits per heavy atom. The average molecular weight is 275 g/mol. The molecule has 1 aromatic carbocycles. The molecule has 1 aliphatic heterocycles. The average Bonchev–Trinajstić information content (AvgIpc) is 2.64. The van der Waals surface area contributed by atoms with Crippen molar-refractivity contribution in [1.29, 1.82) is 0 Å². The third-order valence-electron chi connectivity index (χ3n) is 3.06. The number of rotatable bonds is 2. The van der Waals surface area contributed by atoms with Gasteiger partial charge in [0.2, 0.25) is 10.0 Å². The molecule has 1 atom stereocenters. The van der Waals surface area contributed by atoms with Crippen LogP contribution in [-0.4, -0.2) is 25.3 Å². The summed E-state index contributed by atoms with van der Waals surface area (Å²) in [4.78, 5) is 0.0374. The molecule has 94 valence electrons. The predicted octanol–water partition coefficient (Wildman–Crippen LogP) is 2.10. The second-order valence-electron chi connectivity index (χ2n) is 4.27. The van der Waals surface area contributed by atoms with Gasteiger partial charge in [0.05, 0.1) is 10.7 Å². The van der Waals surface area contributed by atoms with Gasteiger partial charge in [0.1, 0.15) is 4.90 Å². The van der Waals surface area contributed by atoms with E-state index in [1.807, 2.05) is 6.92 Å². The monoisotopic (exact) mass is 274 g/mol. The van der Waals surface area contributed by atoms with Gasteiger partial charge in [-0.05, 0) is 31.9 Å². The molecule has 4 nitrogen and oxygen atoms in total. The molecular weight excluding hydrogens is 260 g/mol. The van der Waals surface area contributed by atoms with Gasteiger partial charge >= 0.3 is 0 Å². The predicted molar refractivity (Wildman–Crippen MR) is 68.5 cm³/mol. The summed E-state index contributed by atoms with van der Waals surface area (Å²) in [6.45, 7) is 2.44. The molecule has 6 heteroatoms. The molecule has 1 aromatic rings. The van der Waals surface area contributed by atoms with Crippen molar-refractivity contribution in [1.82, 2.24) is 4.31 Å². The zero-order valence-corrected chi connectivity index (χ0v) is 11.1. The number of benzene rings is 1. The van der Waals surface area contributed by atoms with E-state index >= 15 is 0 Å². The summed E-state index contributed by atoms with van der Waals surface area (Å²) in [5.74, 6) is 0. The van der Waals surface area contributed by atoms with Crippen molar-refractivity contribution < 1.29 is 8.42 Å². The minimum Gasteiger partial charge on any atom is -0.398 e. The number of sulfonamides is 1. The lowest BCUT2D eigenvalue weighted by Crippen LogP contribution is -2.34. The Kier molecular flexibility index (Phi) is 3.34. The Balaban J connectivity index is 2.52. The van der Waals surface area contributed by atoms with Gasteiger partial charge in [-0.15, -0.1) is 0 Å². The van der Waals surface area contributed by atoms with Gasteiger partial charge in [-0.25, -0.2) is 8.42 Å². The molecule has 0 bridgehead atoms. The molecule has 1 aliphatic rings. The van der Waals surface area contributed by atoms with E-state index in [-0.39, 0.29) is 21.6 Å². The Hall–Kier alpha value is -0.780. The van der Waals surface area contributed by atoms with Crippen LogP contribution in [0.15, 0.2) is 23.1 Å². The van der Waals surface area contributed by atoms with E-state index in [1.165, 1.54) is 4.31 Å². The molecule has 0 radical (unpaired) electrons. The number of nitrogens with two attached hydrogens (primary N) is 1. The number of nitrogen functional groups attached to an aromatic ring is 1. The van der Waals surface area contributed by atoms with Crippen LogP contribution in [0.5, 0.6) is 0 Å². The molecule has 1 fully saturated rings. The lowest BCUT2D eigenvalue weighted by atomic mass is 10.3. The van der Waals surface area contributed by atoms with Crippen LogP contribution in [0.3, 0.4) is 0 Å². The van der Waals surface area contributed by atoms with Crippen LogP contribution in [0.1, 0.15) is 19.8 Å². The van der Waals surface area contributed by atoms with E-state index in [1.54, 1.807) is 18.2 Å². The fourth-order valence-electron chi connectivity index (χ4n) is 2.18. The summed E-state index contributed by atoms with van der Waals surface area (Å²) in [5, 5.41) is 0.184. The normalized spacial score (nSPS) is 21.9. The van der Waals surface area contributed by atoms with Crippen LogP contribution < -0.4 is 5.73 Å². The molecule has 1 saturated heterocycles. The van der Waals surface area contributed by atoms with Crippen LogP contribution in [0, 0.1) is 0 Å². The highest BCUT2D eigenvalue weighted by Crippen LogP contribution is 2.33. The first-order valence-corrected chi connectivity index (χ1v) is 7.32. The Morgan fingerprint density at radius 1 is 1.47 bits per heavy atom. The van der Waals surface area contributed by atoms with Crippen molar-refractivity contribution >= 4 is 27.3 Å². The highest BCUT2D eigenvalue weighted by molar-refractivity contribution is 7.89. The highest BCUT2D eigenvalue weighted by Gasteiger charge is 2.35. The molecule has 0 amide bonds. The first-order chi connectivity index (χ1) is 7.94. The summed E-state index contributed by atoms with van der Waals surface area (Å²) in [7, 11) is -3.57. The van der Waals surface area contributed by atoms with Crippen LogP contribution >= 0.6 is 11.6 Å².